The van der Waals surface area contributed by atoms with Crippen LogP contribution >= 0.6 is 0 Å². The summed E-state index contributed by atoms with van der Waals surface area (Å²) in [6.45, 7) is 5.76. The summed E-state index contributed by atoms with van der Waals surface area (Å²) in [5.74, 6) is -0.206. The van der Waals surface area contributed by atoms with E-state index in [1.807, 2.05) is 13.0 Å². The van der Waals surface area contributed by atoms with Gasteiger partial charge in [0.05, 0.1) is 6.61 Å². The molecule has 0 aliphatic carbocycles. The van der Waals surface area contributed by atoms with Gasteiger partial charge in [0.1, 0.15) is 12.2 Å². The van der Waals surface area contributed by atoms with Crippen molar-refractivity contribution in [3.63, 3.8) is 0 Å². The molecule has 1 unspecified atom stereocenters. The molecule has 2 aromatic rings. The molecule has 0 fully saturated rings. The Morgan fingerprint density at radius 2 is 2.29 bits per heavy atom. The minimum atomic E-state index is -0.450. The zero-order valence-electron chi connectivity index (χ0n) is 10.0. The van der Waals surface area contributed by atoms with Crippen LogP contribution in [-0.2, 0) is 9.53 Å². The molecule has 2 aromatic heterocycles. The minimum absolute atomic E-state index is 0.303. The highest BCUT2D eigenvalue weighted by atomic mass is 16.5. The minimum Gasteiger partial charge on any atom is -0.465 e. The van der Waals surface area contributed by atoms with Crippen LogP contribution < -0.4 is 0 Å². The molecule has 0 spiro atoms. The number of hydrogen-bond donors (Lipinski definition) is 0. The van der Waals surface area contributed by atoms with Gasteiger partial charge < -0.3 is 4.74 Å². The lowest BCUT2D eigenvalue weighted by Gasteiger charge is -2.08. The molecule has 17 heavy (non-hydrogen) atoms. The van der Waals surface area contributed by atoms with Gasteiger partial charge in [-0.2, -0.15) is 0 Å². The Morgan fingerprint density at radius 3 is 3.00 bits per heavy atom. The molecule has 0 saturated heterocycles. The lowest BCUT2D eigenvalue weighted by Crippen LogP contribution is -2.15. The molecule has 6 nitrogen and oxygen atoms in total. The fourth-order valence-electron chi connectivity index (χ4n) is 1.57. The zero-order valence-corrected chi connectivity index (χ0v) is 10.0. The smallest absolute Gasteiger partial charge is 0.316 e. The van der Waals surface area contributed by atoms with E-state index in [0.29, 0.717) is 18.1 Å². The maximum absolute atomic E-state index is 11.6. The Kier molecular flexibility index (Phi) is 3.03. The first-order valence-corrected chi connectivity index (χ1v) is 5.47. The maximum atomic E-state index is 11.6. The molecule has 90 valence electrons. The van der Waals surface area contributed by atoms with Crippen LogP contribution in [0.2, 0.25) is 0 Å². The molecular weight excluding hydrogens is 220 g/mol. The van der Waals surface area contributed by atoms with Gasteiger partial charge in [0.25, 0.3) is 0 Å². The van der Waals surface area contributed by atoms with Crippen LogP contribution in [0.25, 0.3) is 5.65 Å². The number of nitrogens with zero attached hydrogens (tertiary/aromatic N) is 4. The average molecular weight is 234 g/mol. The molecule has 0 aliphatic heterocycles. The van der Waals surface area contributed by atoms with Crippen molar-refractivity contribution in [2.45, 2.75) is 26.7 Å². The monoisotopic (exact) mass is 234 g/mol. The van der Waals surface area contributed by atoms with E-state index in [1.54, 1.807) is 24.6 Å². The molecule has 0 aromatic carbocycles. The van der Waals surface area contributed by atoms with E-state index in [9.17, 15) is 4.79 Å². The zero-order chi connectivity index (χ0) is 12.4. The van der Waals surface area contributed by atoms with Crippen molar-refractivity contribution in [2.24, 2.45) is 0 Å². The number of carbonyl (C=O) groups excluding carboxylic acids is 1. The lowest BCUT2D eigenvalue weighted by atomic mass is 10.2. The Hall–Kier alpha value is -1.98. The number of aryl methyl sites for hydroxylation is 1. The summed E-state index contributed by atoms with van der Waals surface area (Å²) in [6, 6.07) is 1.81. The Labute approximate surface area is 98.6 Å². The van der Waals surface area contributed by atoms with Gasteiger partial charge >= 0.3 is 5.97 Å². The van der Waals surface area contributed by atoms with Crippen LogP contribution in [0.3, 0.4) is 0 Å². The van der Waals surface area contributed by atoms with Crippen LogP contribution in [0.4, 0.5) is 0 Å². The summed E-state index contributed by atoms with van der Waals surface area (Å²) in [5.41, 5.74) is 1.55. The van der Waals surface area contributed by atoms with Crippen LogP contribution in [0.5, 0.6) is 0 Å². The van der Waals surface area contributed by atoms with E-state index in [4.69, 9.17) is 4.74 Å². The molecule has 0 radical (unpaired) electrons. The number of rotatable bonds is 3. The summed E-state index contributed by atoms with van der Waals surface area (Å²) in [7, 11) is 0. The predicted octanol–water partition coefficient (Wildman–Crippen LogP) is 1.10. The van der Waals surface area contributed by atoms with Gasteiger partial charge in [0.2, 0.25) is 0 Å². The highest BCUT2D eigenvalue weighted by molar-refractivity contribution is 5.76. The van der Waals surface area contributed by atoms with Gasteiger partial charge in [-0.15, -0.1) is 10.2 Å². The average Bonchev–Trinajstić information content (AvgIpc) is 2.71. The Bertz CT molecular complexity index is 549. The van der Waals surface area contributed by atoms with Gasteiger partial charge in [0, 0.05) is 11.8 Å². The van der Waals surface area contributed by atoms with E-state index < -0.39 is 5.92 Å². The van der Waals surface area contributed by atoms with Crippen molar-refractivity contribution in [2.75, 3.05) is 6.61 Å². The van der Waals surface area contributed by atoms with Gasteiger partial charge in [-0.1, -0.05) is 0 Å². The maximum Gasteiger partial charge on any atom is 0.316 e. The standard InChI is InChI=1S/C11H14N4O2/c1-4-17-11(16)8(3)10-14-13-9-5-7(2)12-6-15(9)10/h5-6,8H,4H2,1-3H3. The molecule has 0 aliphatic rings. The van der Waals surface area contributed by atoms with Crippen molar-refractivity contribution in [1.29, 1.82) is 0 Å². The van der Waals surface area contributed by atoms with Crippen LogP contribution in [-0.4, -0.2) is 32.2 Å². The predicted molar refractivity (Wildman–Crippen MR) is 60.6 cm³/mol. The summed E-state index contributed by atoms with van der Waals surface area (Å²) in [6.07, 6.45) is 1.62. The molecule has 0 N–H and O–H groups in total. The van der Waals surface area contributed by atoms with Crippen molar-refractivity contribution in [3.8, 4) is 0 Å². The summed E-state index contributed by atoms with van der Waals surface area (Å²) in [5, 5.41) is 8.02. The number of aromatic nitrogens is 4. The van der Waals surface area contributed by atoms with E-state index >= 15 is 0 Å². The largest absolute Gasteiger partial charge is 0.465 e. The van der Waals surface area contributed by atoms with Crippen molar-refractivity contribution < 1.29 is 9.53 Å². The van der Waals surface area contributed by atoms with Gasteiger partial charge in [-0.3, -0.25) is 9.20 Å². The summed E-state index contributed by atoms with van der Waals surface area (Å²) < 4.78 is 6.66. The van der Waals surface area contributed by atoms with Crippen LogP contribution in [0.15, 0.2) is 12.4 Å². The fraction of sp³-hybridized carbons (Fsp3) is 0.455. The van der Waals surface area contributed by atoms with Gasteiger partial charge in [-0.05, 0) is 20.8 Å². The molecule has 0 bridgehead atoms. The topological polar surface area (TPSA) is 69.4 Å². The molecule has 0 amide bonds. The third-order valence-corrected chi connectivity index (χ3v) is 2.49. The molecule has 2 rings (SSSR count). The normalized spacial score (nSPS) is 12.6. The quantitative estimate of drug-likeness (QED) is 0.744. The third kappa shape index (κ3) is 2.11. The van der Waals surface area contributed by atoms with Crippen molar-refractivity contribution in [3.05, 3.63) is 23.9 Å². The van der Waals surface area contributed by atoms with Crippen molar-refractivity contribution >= 4 is 11.6 Å². The summed E-state index contributed by atoms with van der Waals surface area (Å²) in [4.78, 5) is 15.8. The number of ether oxygens (including phenoxy) is 1. The number of fused-ring (bicyclic) bond motifs is 1. The number of carbonyl (C=O) groups is 1. The van der Waals surface area contributed by atoms with Gasteiger partial charge in [-0.25, -0.2) is 4.98 Å². The second-order valence-corrected chi connectivity index (χ2v) is 3.79. The molecule has 1 atom stereocenters. The van der Waals surface area contributed by atoms with Gasteiger partial charge in [0.15, 0.2) is 11.5 Å². The van der Waals surface area contributed by atoms with Crippen molar-refractivity contribution in [1.82, 2.24) is 19.6 Å². The van der Waals surface area contributed by atoms with E-state index in [1.165, 1.54) is 0 Å². The third-order valence-electron chi connectivity index (χ3n) is 2.49. The second kappa shape index (κ2) is 4.48. The fourth-order valence-corrected chi connectivity index (χ4v) is 1.57. The second-order valence-electron chi connectivity index (χ2n) is 3.79. The first-order chi connectivity index (χ1) is 8.13. The summed E-state index contributed by atoms with van der Waals surface area (Å²) >= 11 is 0. The van der Waals surface area contributed by atoms with E-state index in [0.717, 1.165) is 5.69 Å². The highest BCUT2D eigenvalue weighted by Crippen LogP contribution is 2.15. The Balaban J connectivity index is 2.39. The first-order valence-electron chi connectivity index (χ1n) is 5.47. The lowest BCUT2D eigenvalue weighted by molar-refractivity contribution is -0.144. The molecule has 6 heteroatoms. The first kappa shape index (κ1) is 11.5. The van der Waals surface area contributed by atoms with E-state index in [-0.39, 0.29) is 5.97 Å². The number of esters is 1. The SMILES string of the molecule is CCOC(=O)C(C)c1nnc2cc(C)ncn12. The number of hydrogen-bond acceptors (Lipinski definition) is 5. The molecular formula is C11H14N4O2. The highest BCUT2D eigenvalue weighted by Gasteiger charge is 2.22. The molecule has 0 saturated carbocycles. The van der Waals surface area contributed by atoms with Crippen LogP contribution in [0.1, 0.15) is 31.3 Å². The molecule has 2 heterocycles. The van der Waals surface area contributed by atoms with Crippen LogP contribution in [0, 0.1) is 6.92 Å². The Morgan fingerprint density at radius 1 is 1.53 bits per heavy atom. The van der Waals surface area contributed by atoms with E-state index in [2.05, 4.69) is 15.2 Å².